The summed E-state index contributed by atoms with van der Waals surface area (Å²) in [6.45, 7) is 0. The minimum absolute atomic E-state index is 0.654. The van der Waals surface area contributed by atoms with Gasteiger partial charge in [0.15, 0.2) is 17.5 Å². The Hall–Kier alpha value is -5.67. The van der Waals surface area contributed by atoms with Gasteiger partial charge in [-0.25, -0.2) is 15.0 Å². The molecule has 42 heavy (non-hydrogen) atoms. The van der Waals surface area contributed by atoms with E-state index in [1.807, 2.05) is 60.7 Å². The van der Waals surface area contributed by atoms with Crippen LogP contribution in [0.3, 0.4) is 0 Å². The monoisotopic (exact) mass is 535 g/mol. The first-order chi connectivity index (χ1) is 20.8. The lowest BCUT2D eigenvalue weighted by Gasteiger charge is -2.13. The summed E-state index contributed by atoms with van der Waals surface area (Å²) in [5.41, 5.74) is 5.15. The molecule has 0 bridgehead atoms. The van der Waals surface area contributed by atoms with Crippen molar-refractivity contribution in [2.24, 2.45) is 0 Å². The number of hydrogen-bond acceptors (Lipinski definition) is 3. The number of aromatic nitrogens is 3. The highest BCUT2D eigenvalue weighted by molar-refractivity contribution is 6.25. The van der Waals surface area contributed by atoms with Crippen molar-refractivity contribution in [2.45, 2.75) is 0 Å². The van der Waals surface area contributed by atoms with Gasteiger partial charge in [0.2, 0.25) is 0 Å². The molecule has 196 valence electrons. The van der Waals surface area contributed by atoms with Gasteiger partial charge >= 0.3 is 0 Å². The van der Waals surface area contributed by atoms with E-state index in [0.29, 0.717) is 17.5 Å². The Labute approximate surface area is 243 Å². The summed E-state index contributed by atoms with van der Waals surface area (Å²) in [7, 11) is 0. The van der Waals surface area contributed by atoms with Gasteiger partial charge in [-0.3, -0.25) is 0 Å². The average Bonchev–Trinajstić information content (AvgIpc) is 3.09. The fourth-order valence-electron chi connectivity index (χ4n) is 5.86. The Morgan fingerprint density at radius 3 is 1.17 bits per heavy atom. The second-order valence-electron chi connectivity index (χ2n) is 10.5. The van der Waals surface area contributed by atoms with Gasteiger partial charge in [0.1, 0.15) is 0 Å². The van der Waals surface area contributed by atoms with Gasteiger partial charge in [-0.2, -0.15) is 0 Å². The fourth-order valence-corrected chi connectivity index (χ4v) is 5.86. The highest BCUT2D eigenvalue weighted by Gasteiger charge is 2.14. The van der Waals surface area contributed by atoms with Crippen LogP contribution in [0.4, 0.5) is 0 Å². The lowest BCUT2D eigenvalue weighted by molar-refractivity contribution is 1.07. The molecule has 0 atom stereocenters. The molecule has 3 nitrogen and oxygen atoms in total. The highest BCUT2D eigenvalue weighted by Crippen LogP contribution is 2.37. The van der Waals surface area contributed by atoms with E-state index < -0.39 is 0 Å². The first-order valence-corrected chi connectivity index (χ1v) is 14.1. The minimum atomic E-state index is 0.654. The maximum Gasteiger partial charge on any atom is 0.164 e. The molecule has 0 saturated heterocycles. The fraction of sp³-hybridized carbons (Fsp3) is 0. The third-order valence-electron chi connectivity index (χ3n) is 7.90. The Kier molecular flexibility index (Phi) is 5.79. The maximum atomic E-state index is 4.94. The molecule has 0 unspecified atom stereocenters. The van der Waals surface area contributed by atoms with E-state index >= 15 is 0 Å². The summed E-state index contributed by atoms with van der Waals surface area (Å²) in [5.74, 6) is 1.98. The van der Waals surface area contributed by atoms with E-state index in [2.05, 4.69) is 91.0 Å². The van der Waals surface area contributed by atoms with Gasteiger partial charge < -0.3 is 0 Å². The molecule has 0 radical (unpaired) electrons. The third-order valence-corrected chi connectivity index (χ3v) is 7.90. The van der Waals surface area contributed by atoms with Crippen LogP contribution in [0.5, 0.6) is 0 Å². The quantitative estimate of drug-likeness (QED) is 0.211. The molecule has 0 aliphatic carbocycles. The third kappa shape index (κ3) is 4.20. The Balaban J connectivity index is 1.29. The molecule has 0 N–H and O–H groups in total. The minimum Gasteiger partial charge on any atom is -0.208 e. The van der Waals surface area contributed by atoms with E-state index in [0.717, 1.165) is 27.8 Å². The summed E-state index contributed by atoms with van der Waals surface area (Å²) >= 11 is 0. The van der Waals surface area contributed by atoms with Crippen molar-refractivity contribution in [2.75, 3.05) is 0 Å². The standard InChI is InChI=1S/C39H25N3/c1-3-12-26(13-4-1)37-40-38(27-14-5-2-6-15-27)42-39(41-37)30-17-11-16-28(24-30)29-22-23-35-33-20-8-7-18-31(33)32-19-9-10-21-34(32)36(35)25-29/h1-25H. The molecule has 0 aliphatic rings. The van der Waals surface area contributed by atoms with Crippen molar-refractivity contribution in [3.05, 3.63) is 152 Å². The molecular weight excluding hydrogens is 510 g/mol. The van der Waals surface area contributed by atoms with E-state index in [-0.39, 0.29) is 0 Å². The Bertz CT molecular complexity index is 2150. The van der Waals surface area contributed by atoms with Crippen LogP contribution in [0.15, 0.2) is 152 Å². The van der Waals surface area contributed by atoms with Crippen molar-refractivity contribution in [1.82, 2.24) is 15.0 Å². The molecule has 8 rings (SSSR count). The molecule has 0 amide bonds. The van der Waals surface area contributed by atoms with Crippen molar-refractivity contribution >= 4 is 32.3 Å². The molecular formula is C39H25N3. The van der Waals surface area contributed by atoms with Gasteiger partial charge in [-0.1, -0.05) is 140 Å². The summed E-state index contributed by atoms with van der Waals surface area (Å²) in [6.07, 6.45) is 0. The lowest BCUT2D eigenvalue weighted by Crippen LogP contribution is -2.00. The van der Waals surface area contributed by atoms with Gasteiger partial charge in [-0.15, -0.1) is 0 Å². The van der Waals surface area contributed by atoms with E-state index in [1.54, 1.807) is 0 Å². The van der Waals surface area contributed by atoms with Gasteiger partial charge in [-0.05, 0) is 55.6 Å². The van der Waals surface area contributed by atoms with Crippen LogP contribution in [0.25, 0.3) is 77.6 Å². The predicted octanol–water partition coefficient (Wildman–Crippen LogP) is 10.00. The van der Waals surface area contributed by atoms with Crippen molar-refractivity contribution < 1.29 is 0 Å². The van der Waals surface area contributed by atoms with Gasteiger partial charge in [0.25, 0.3) is 0 Å². The number of hydrogen-bond donors (Lipinski definition) is 0. The molecule has 3 heteroatoms. The van der Waals surface area contributed by atoms with Crippen molar-refractivity contribution in [3.63, 3.8) is 0 Å². The summed E-state index contributed by atoms with van der Waals surface area (Å²) in [6, 6.07) is 52.9. The topological polar surface area (TPSA) is 38.7 Å². The zero-order chi connectivity index (χ0) is 27.9. The summed E-state index contributed by atoms with van der Waals surface area (Å²) in [4.78, 5) is 14.7. The van der Waals surface area contributed by atoms with Gasteiger partial charge in [0, 0.05) is 16.7 Å². The zero-order valence-electron chi connectivity index (χ0n) is 22.8. The number of benzene rings is 7. The van der Waals surface area contributed by atoms with Crippen LogP contribution in [0.1, 0.15) is 0 Å². The Morgan fingerprint density at radius 1 is 0.238 bits per heavy atom. The summed E-state index contributed by atoms with van der Waals surface area (Å²) < 4.78 is 0. The lowest BCUT2D eigenvalue weighted by atomic mass is 9.92. The van der Waals surface area contributed by atoms with E-state index in [1.165, 1.54) is 32.3 Å². The molecule has 0 spiro atoms. The number of fused-ring (bicyclic) bond motifs is 6. The first kappa shape index (κ1) is 24.2. The van der Waals surface area contributed by atoms with E-state index in [4.69, 9.17) is 15.0 Å². The molecule has 1 heterocycles. The molecule has 0 aliphatic heterocycles. The molecule has 0 saturated carbocycles. The summed E-state index contributed by atoms with van der Waals surface area (Å²) in [5, 5.41) is 7.62. The molecule has 1 aromatic heterocycles. The maximum absolute atomic E-state index is 4.94. The number of nitrogens with zero attached hydrogens (tertiary/aromatic N) is 3. The van der Waals surface area contributed by atoms with Crippen molar-refractivity contribution in [1.29, 1.82) is 0 Å². The Morgan fingerprint density at radius 2 is 0.619 bits per heavy atom. The van der Waals surface area contributed by atoms with Crippen LogP contribution in [0.2, 0.25) is 0 Å². The zero-order valence-corrected chi connectivity index (χ0v) is 22.8. The molecule has 0 fully saturated rings. The second-order valence-corrected chi connectivity index (χ2v) is 10.5. The second kappa shape index (κ2) is 10.1. The smallest absolute Gasteiger partial charge is 0.164 e. The molecule has 7 aromatic carbocycles. The average molecular weight is 536 g/mol. The first-order valence-electron chi connectivity index (χ1n) is 14.1. The van der Waals surface area contributed by atoms with Crippen LogP contribution in [-0.2, 0) is 0 Å². The SMILES string of the molecule is c1ccc(-c2nc(-c3ccccc3)nc(-c3cccc(-c4ccc5c6ccccc6c6ccccc6c5c4)c3)n2)cc1. The highest BCUT2D eigenvalue weighted by atomic mass is 15.0. The normalized spacial score (nSPS) is 11.3. The van der Waals surface area contributed by atoms with Gasteiger partial charge in [0.05, 0.1) is 0 Å². The van der Waals surface area contributed by atoms with Crippen LogP contribution < -0.4 is 0 Å². The van der Waals surface area contributed by atoms with Crippen LogP contribution in [-0.4, -0.2) is 15.0 Å². The largest absolute Gasteiger partial charge is 0.208 e. The van der Waals surface area contributed by atoms with Crippen molar-refractivity contribution in [3.8, 4) is 45.3 Å². The predicted molar refractivity (Wildman–Crippen MR) is 174 cm³/mol. The number of rotatable bonds is 4. The van der Waals surface area contributed by atoms with Crippen LogP contribution >= 0.6 is 0 Å². The van der Waals surface area contributed by atoms with Crippen LogP contribution in [0, 0.1) is 0 Å². The van der Waals surface area contributed by atoms with E-state index in [9.17, 15) is 0 Å². The molecule has 8 aromatic rings.